The van der Waals surface area contributed by atoms with E-state index in [-0.39, 0.29) is 11.6 Å². The van der Waals surface area contributed by atoms with Gasteiger partial charge in [-0.15, -0.1) is 11.6 Å². The van der Waals surface area contributed by atoms with E-state index in [1.54, 1.807) is 0 Å². The highest BCUT2D eigenvalue weighted by molar-refractivity contribution is 6.20. The normalized spacial score (nSPS) is 30.0. The lowest BCUT2D eigenvalue weighted by molar-refractivity contribution is 0.384. The quantitative estimate of drug-likeness (QED) is 0.348. The summed E-state index contributed by atoms with van der Waals surface area (Å²) in [5.74, 6) is 0. The fraction of sp³-hybridized carbons (Fsp3) is 1.00. The number of ether oxygens (including phenoxy) is 1. The van der Waals surface area contributed by atoms with Crippen LogP contribution >= 0.6 is 11.6 Å². The third-order valence-corrected chi connectivity index (χ3v) is 1.52. The van der Waals surface area contributed by atoms with Gasteiger partial charge in [0.05, 0.1) is 6.61 Å². The van der Waals surface area contributed by atoms with Gasteiger partial charge in [-0.05, 0) is 6.54 Å². The van der Waals surface area contributed by atoms with E-state index >= 15 is 0 Å². The summed E-state index contributed by atoms with van der Waals surface area (Å²) in [6.07, 6.45) is 0.275. The molecule has 2 unspecified atom stereocenters. The van der Waals surface area contributed by atoms with Crippen molar-refractivity contribution in [2.45, 2.75) is 18.5 Å². The van der Waals surface area contributed by atoms with E-state index in [0.717, 1.165) is 13.2 Å². The Morgan fingerprint density at radius 2 is 2.62 bits per heavy atom. The third kappa shape index (κ3) is 1.62. The number of nitrogens with one attached hydrogen (secondary N) is 1. The van der Waals surface area contributed by atoms with Crippen LogP contribution < -0.4 is 5.32 Å². The third-order valence-electron chi connectivity index (χ3n) is 1.08. The zero-order chi connectivity index (χ0) is 5.98. The van der Waals surface area contributed by atoms with E-state index in [1.807, 2.05) is 6.92 Å². The Morgan fingerprint density at radius 1 is 2.00 bits per heavy atom. The molecule has 0 aromatic heterocycles. The highest BCUT2D eigenvalue weighted by Crippen LogP contribution is 2.16. The molecule has 0 radical (unpaired) electrons. The molecule has 1 aliphatic rings. The second-order valence-electron chi connectivity index (χ2n) is 1.83. The molecule has 0 spiro atoms. The van der Waals surface area contributed by atoms with Crippen LogP contribution in [-0.2, 0) is 4.74 Å². The number of hydrogen-bond donors (Lipinski definition) is 1. The van der Waals surface area contributed by atoms with E-state index in [4.69, 9.17) is 16.3 Å². The van der Waals surface area contributed by atoms with Crippen molar-refractivity contribution in [2.75, 3.05) is 13.2 Å². The topological polar surface area (TPSA) is 24.6 Å². The van der Waals surface area contributed by atoms with Crippen LogP contribution in [0, 0.1) is 0 Å². The number of hydrogen-bond acceptors (Lipinski definition) is 2. The summed E-state index contributed by atoms with van der Waals surface area (Å²) in [6, 6.07) is 0. The van der Waals surface area contributed by atoms with Crippen LogP contribution in [0.4, 0.5) is 0 Å². The molecule has 2 atom stereocenters. The zero-order valence-corrected chi connectivity index (χ0v) is 5.61. The van der Waals surface area contributed by atoms with Crippen molar-refractivity contribution < 1.29 is 4.74 Å². The van der Waals surface area contributed by atoms with Crippen LogP contribution in [0.15, 0.2) is 0 Å². The summed E-state index contributed by atoms with van der Waals surface area (Å²) in [6.45, 7) is 3.76. The molecule has 3 heteroatoms. The molecule has 1 saturated heterocycles. The van der Waals surface area contributed by atoms with Crippen LogP contribution in [-0.4, -0.2) is 24.8 Å². The van der Waals surface area contributed by atoms with Crippen LogP contribution in [0.5, 0.6) is 0 Å². The molecule has 1 aliphatic heterocycles. The molecule has 0 aromatic carbocycles. The van der Waals surface area contributed by atoms with Crippen molar-refractivity contribution >= 4 is 11.6 Å². The van der Waals surface area contributed by atoms with Crippen molar-refractivity contribution in [3.8, 4) is 0 Å². The number of alkyl halides is 1. The van der Waals surface area contributed by atoms with E-state index in [9.17, 15) is 0 Å². The maximum Gasteiger partial charge on any atom is 0.111 e. The first-order chi connectivity index (χ1) is 3.84. The average molecular weight is 136 g/mol. The molecular weight excluding hydrogens is 126 g/mol. The predicted molar refractivity (Wildman–Crippen MR) is 33.1 cm³/mol. The fourth-order valence-corrected chi connectivity index (χ4v) is 0.851. The molecule has 1 rings (SSSR count). The van der Waals surface area contributed by atoms with Gasteiger partial charge in [-0.3, -0.25) is 5.32 Å². The van der Waals surface area contributed by atoms with Crippen molar-refractivity contribution in [1.29, 1.82) is 0 Å². The van der Waals surface area contributed by atoms with Crippen LogP contribution in [0.2, 0.25) is 0 Å². The lowest BCUT2D eigenvalue weighted by Crippen LogP contribution is -2.28. The molecule has 2 nitrogen and oxygen atoms in total. The van der Waals surface area contributed by atoms with Gasteiger partial charge in [0.25, 0.3) is 0 Å². The molecule has 0 bridgehead atoms. The molecule has 1 fully saturated rings. The SMILES string of the molecule is CCNC(Cl)C1CO1. The predicted octanol–water partition coefficient (Wildman–Crippen LogP) is 0.560. The van der Waals surface area contributed by atoms with Crippen molar-refractivity contribution in [1.82, 2.24) is 5.32 Å². The van der Waals surface area contributed by atoms with Gasteiger partial charge in [0.15, 0.2) is 0 Å². The van der Waals surface area contributed by atoms with Crippen LogP contribution in [0.25, 0.3) is 0 Å². The Morgan fingerprint density at radius 3 is 3.00 bits per heavy atom. The van der Waals surface area contributed by atoms with Gasteiger partial charge in [-0.25, -0.2) is 0 Å². The lowest BCUT2D eigenvalue weighted by atomic mass is 10.5. The van der Waals surface area contributed by atoms with Crippen LogP contribution in [0.1, 0.15) is 6.92 Å². The lowest BCUT2D eigenvalue weighted by Gasteiger charge is -2.03. The largest absolute Gasteiger partial charge is 0.370 e. The second kappa shape index (κ2) is 2.67. The molecule has 0 aromatic rings. The fourth-order valence-electron chi connectivity index (χ4n) is 0.551. The molecule has 1 N–H and O–H groups in total. The number of rotatable bonds is 3. The van der Waals surface area contributed by atoms with Crippen LogP contribution in [0.3, 0.4) is 0 Å². The summed E-state index contributed by atoms with van der Waals surface area (Å²) in [4.78, 5) is 0. The summed E-state index contributed by atoms with van der Waals surface area (Å²) >= 11 is 5.74. The maximum atomic E-state index is 5.74. The number of epoxide rings is 1. The molecule has 48 valence electrons. The van der Waals surface area contributed by atoms with Crippen molar-refractivity contribution in [2.24, 2.45) is 0 Å². The smallest absolute Gasteiger partial charge is 0.111 e. The first kappa shape index (κ1) is 6.33. The van der Waals surface area contributed by atoms with Gasteiger partial charge in [0.1, 0.15) is 11.6 Å². The Balaban J connectivity index is 2.03. The molecule has 0 amide bonds. The number of halogens is 1. The van der Waals surface area contributed by atoms with Gasteiger partial charge in [0.2, 0.25) is 0 Å². The average Bonchev–Trinajstić information content (AvgIpc) is 2.45. The van der Waals surface area contributed by atoms with Crippen molar-refractivity contribution in [3.05, 3.63) is 0 Å². The summed E-state index contributed by atoms with van der Waals surface area (Å²) in [7, 11) is 0. The molecule has 0 aliphatic carbocycles. The van der Waals surface area contributed by atoms with E-state index < -0.39 is 0 Å². The number of likely N-dealkylation sites (N-methyl/N-ethyl adjacent to an activating group) is 1. The van der Waals surface area contributed by atoms with Gasteiger partial charge >= 0.3 is 0 Å². The second-order valence-corrected chi connectivity index (χ2v) is 2.30. The molecule has 0 saturated carbocycles. The molecule has 8 heavy (non-hydrogen) atoms. The Hall–Kier alpha value is 0.210. The summed E-state index contributed by atoms with van der Waals surface area (Å²) in [5.41, 5.74) is 0.0278. The highest BCUT2D eigenvalue weighted by Gasteiger charge is 2.30. The van der Waals surface area contributed by atoms with E-state index in [2.05, 4.69) is 5.32 Å². The van der Waals surface area contributed by atoms with Gasteiger partial charge < -0.3 is 4.74 Å². The zero-order valence-electron chi connectivity index (χ0n) is 4.86. The minimum Gasteiger partial charge on any atom is -0.370 e. The first-order valence-corrected chi connectivity index (χ1v) is 3.27. The standard InChI is InChI=1S/C5H10ClNO/c1-2-7-5(6)4-3-8-4/h4-5,7H,2-3H2,1H3. The Bertz CT molecular complexity index is 74.8. The minimum absolute atomic E-state index is 0.0278. The highest BCUT2D eigenvalue weighted by atomic mass is 35.5. The van der Waals surface area contributed by atoms with Gasteiger partial charge in [0, 0.05) is 0 Å². The summed E-state index contributed by atoms with van der Waals surface area (Å²) < 4.78 is 4.93. The maximum absolute atomic E-state index is 5.74. The first-order valence-electron chi connectivity index (χ1n) is 2.83. The monoisotopic (exact) mass is 135 g/mol. The van der Waals surface area contributed by atoms with Gasteiger partial charge in [-0.2, -0.15) is 0 Å². The van der Waals surface area contributed by atoms with Crippen molar-refractivity contribution in [3.63, 3.8) is 0 Å². The molecule has 1 heterocycles. The van der Waals surface area contributed by atoms with Gasteiger partial charge in [-0.1, -0.05) is 6.92 Å². The Kier molecular flexibility index (Phi) is 2.11. The Labute approximate surface area is 54.2 Å². The summed E-state index contributed by atoms with van der Waals surface area (Å²) in [5, 5.41) is 3.05. The minimum atomic E-state index is 0.0278. The molecular formula is C5H10ClNO. The van der Waals surface area contributed by atoms with E-state index in [1.165, 1.54) is 0 Å². The van der Waals surface area contributed by atoms with E-state index in [0.29, 0.717) is 0 Å².